The van der Waals surface area contributed by atoms with Gasteiger partial charge in [0, 0.05) is 18.4 Å². The van der Waals surface area contributed by atoms with Gasteiger partial charge in [-0.15, -0.1) is 5.10 Å². The number of halogens is 2. The third kappa shape index (κ3) is 3.89. The summed E-state index contributed by atoms with van der Waals surface area (Å²) in [4.78, 5) is 1.29. The second-order valence-electron chi connectivity index (χ2n) is 7.06. The van der Waals surface area contributed by atoms with Crippen LogP contribution in [0.4, 0.5) is 8.78 Å². The van der Waals surface area contributed by atoms with E-state index in [1.54, 1.807) is 33.5 Å². The Morgan fingerprint density at radius 1 is 1.00 bits per heavy atom. The van der Waals surface area contributed by atoms with Gasteiger partial charge in [0.15, 0.2) is 12.5 Å². The molecule has 1 aromatic heterocycles. The maximum Gasteiger partial charge on any atom is 0.207 e. The molecule has 3 aromatic rings. The van der Waals surface area contributed by atoms with E-state index < -0.39 is 0 Å². The lowest BCUT2D eigenvalue weighted by atomic mass is 10.1. The van der Waals surface area contributed by atoms with Crippen molar-refractivity contribution in [3.8, 4) is 17.1 Å². The minimum Gasteiger partial charge on any atom is -0.393 e. The molecule has 4 rings (SSSR count). The highest BCUT2D eigenvalue weighted by molar-refractivity contribution is 7.71. The summed E-state index contributed by atoms with van der Waals surface area (Å²) in [5.41, 5.74) is 1.42. The van der Waals surface area contributed by atoms with Gasteiger partial charge >= 0.3 is 0 Å². The van der Waals surface area contributed by atoms with Crippen molar-refractivity contribution in [1.29, 1.82) is 0 Å². The molecule has 5 nitrogen and oxygen atoms in total. The molecule has 0 atom stereocenters. The monoisotopic (exact) mass is 403 g/mol. The minimum absolute atomic E-state index is 0.233. The number of piperidine rings is 1. The Kier molecular flexibility index (Phi) is 5.34. The van der Waals surface area contributed by atoms with Crippen molar-refractivity contribution in [3.63, 3.8) is 0 Å². The third-order valence-corrected chi connectivity index (χ3v) is 5.46. The van der Waals surface area contributed by atoms with Gasteiger partial charge in [0.25, 0.3) is 0 Å². The Morgan fingerprint density at radius 3 is 2.18 bits per heavy atom. The molecule has 0 bridgehead atoms. The van der Waals surface area contributed by atoms with Crippen LogP contribution in [0, 0.1) is 16.4 Å². The molecule has 2 heterocycles. The molecule has 1 aliphatic rings. The molecule has 0 amide bonds. The van der Waals surface area contributed by atoms with E-state index in [2.05, 4.69) is 0 Å². The zero-order valence-electron chi connectivity index (χ0n) is 15.2. The predicted molar refractivity (Wildman–Crippen MR) is 104 cm³/mol. The summed E-state index contributed by atoms with van der Waals surface area (Å²) in [6.45, 7) is 2.27. The highest BCUT2D eigenvalue weighted by Gasteiger charge is 2.22. The van der Waals surface area contributed by atoms with Crippen molar-refractivity contribution in [2.45, 2.75) is 25.6 Å². The molecular formula is C20H21F2N4OS+. The molecule has 0 aliphatic carbocycles. The first-order valence-corrected chi connectivity index (χ1v) is 9.65. The van der Waals surface area contributed by atoms with Gasteiger partial charge in [0.2, 0.25) is 4.77 Å². The summed E-state index contributed by atoms with van der Waals surface area (Å²) >= 11 is 5.68. The van der Waals surface area contributed by atoms with Crippen LogP contribution in [-0.2, 0) is 6.67 Å². The zero-order valence-corrected chi connectivity index (χ0v) is 16.0. The lowest BCUT2D eigenvalue weighted by Gasteiger charge is -2.26. The Morgan fingerprint density at radius 2 is 1.57 bits per heavy atom. The molecule has 1 aliphatic heterocycles. The summed E-state index contributed by atoms with van der Waals surface area (Å²) in [6.07, 6.45) is 1.28. The van der Waals surface area contributed by atoms with E-state index in [1.807, 2.05) is 0 Å². The largest absolute Gasteiger partial charge is 0.393 e. The molecule has 1 fully saturated rings. The number of likely N-dealkylation sites (tertiary alicyclic amines) is 1. The van der Waals surface area contributed by atoms with Crippen LogP contribution in [0.3, 0.4) is 0 Å². The number of hydrogen-bond donors (Lipinski definition) is 2. The van der Waals surface area contributed by atoms with E-state index in [1.165, 1.54) is 29.2 Å². The molecule has 28 heavy (non-hydrogen) atoms. The Balaban J connectivity index is 1.76. The number of nitrogens with one attached hydrogen (secondary N) is 1. The number of aromatic nitrogens is 3. The fraction of sp³-hybridized carbons (Fsp3) is 0.300. The van der Waals surface area contributed by atoms with Crippen LogP contribution in [0.5, 0.6) is 0 Å². The van der Waals surface area contributed by atoms with Crippen LogP contribution in [0.15, 0.2) is 48.5 Å². The van der Waals surface area contributed by atoms with Gasteiger partial charge in [-0.25, -0.2) is 8.78 Å². The van der Waals surface area contributed by atoms with E-state index in [0.717, 1.165) is 31.5 Å². The van der Waals surface area contributed by atoms with Gasteiger partial charge in [-0.3, -0.25) is 4.57 Å². The Bertz CT molecular complexity index is 1010. The molecule has 0 spiro atoms. The SMILES string of the molecule is OC1CC[NH+](Cn2nc(-c3ccc(F)cc3)n(-c3ccc(F)cc3)c2=S)CC1. The Labute approximate surface area is 166 Å². The molecule has 0 unspecified atom stereocenters. The molecule has 146 valence electrons. The molecule has 8 heteroatoms. The number of aliphatic hydroxyl groups excluding tert-OH is 1. The number of rotatable bonds is 4. The lowest BCUT2D eigenvalue weighted by Crippen LogP contribution is -3.12. The van der Waals surface area contributed by atoms with Crippen LogP contribution in [0.25, 0.3) is 17.1 Å². The highest BCUT2D eigenvalue weighted by Crippen LogP contribution is 2.23. The van der Waals surface area contributed by atoms with Gasteiger partial charge in [-0.2, -0.15) is 4.68 Å². The van der Waals surface area contributed by atoms with E-state index in [4.69, 9.17) is 17.3 Å². The van der Waals surface area contributed by atoms with E-state index in [-0.39, 0.29) is 17.7 Å². The van der Waals surface area contributed by atoms with Crippen molar-refractivity contribution in [1.82, 2.24) is 14.3 Å². The van der Waals surface area contributed by atoms with Gasteiger partial charge in [-0.1, -0.05) is 0 Å². The standard InChI is InChI=1S/C20H20F2N4OS/c21-15-3-1-14(2-4-15)19-23-25(13-24-11-9-18(27)10-12-24)20(28)26(19)17-7-5-16(22)6-8-17/h1-8,18,27H,9-13H2/p+1. The maximum absolute atomic E-state index is 13.4. The summed E-state index contributed by atoms with van der Waals surface area (Å²) < 4.78 is 30.8. The topological polar surface area (TPSA) is 47.4 Å². The second-order valence-corrected chi connectivity index (χ2v) is 7.43. The van der Waals surface area contributed by atoms with Gasteiger partial charge < -0.3 is 10.0 Å². The fourth-order valence-corrected chi connectivity index (χ4v) is 3.80. The third-order valence-electron chi connectivity index (χ3n) is 5.06. The quantitative estimate of drug-likeness (QED) is 0.658. The van der Waals surface area contributed by atoms with Crippen molar-refractivity contribution >= 4 is 12.2 Å². The van der Waals surface area contributed by atoms with Gasteiger partial charge in [-0.05, 0) is 60.7 Å². The van der Waals surface area contributed by atoms with Crippen molar-refractivity contribution < 1.29 is 18.8 Å². The normalized spacial score (nSPS) is 19.7. The van der Waals surface area contributed by atoms with Crippen LogP contribution >= 0.6 is 12.2 Å². The van der Waals surface area contributed by atoms with Gasteiger partial charge in [0.05, 0.1) is 24.9 Å². The van der Waals surface area contributed by atoms with Crippen molar-refractivity contribution in [2.75, 3.05) is 13.1 Å². The first kappa shape index (κ1) is 18.9. The number of benzene rings is 2. The number of nitrogens with zero attached hydrogens (tertiary/aromatic N) is 3. The van der Waals surface area contributed by atoms with Crippen LogP contribution in [-0.4, -0.2) is 38.6 Å². The van der Waals surface area contributed by atoms with Crippen molar-refractivity contribution in [3.05, 3.63) is 64.9 Å². The smallest absolute Gasteiger partial charge is 0.207 e. The first-order chi connectivity index (χ1) is 13.5. The maximum atomic E-state index is 13.4. The van der Waals surface area contributed by atoms with Crippen LogP contribution in [0.2, 0.25) is 0 Å². The predicted octanol–water partition coefficient (Wildman–Crippen LogP) is 2.35. The Hall–Kier alpha value is -2.42. The van der Waals surface area contributed by atoms with E-state index >= 15 is 0 Å². The molecule has 2 aromatic carbocycles. The molecule has 0 radical (unpaired) electrons. The number of hydrogen-bond acceptors (Lipinski definition) is 3. The molecule has 2 N–H and O–H groups in total. The summed E-state index contributed by atoms with van der Waals surface area (Å²) in [6, 6.07) is 12.1. The van der Waals surface area contributed by atoms with Crippen molar-refractivity contribution in [2.24, 2.45) is 0 Å². The van der Waals surface area contributed by atoms with E-state index in [0.29, 0.717) is 23.0 Å². The number of aliphatic hydroxyl groups is 1. The highest BCUT2D eigenvalue weighted by atomic mass is 32.1. The first-order valence-electron chi connectivity index (χ1n) is 9.24. The van der Waals surface area contributed by atoms with Crippen LogP contribution < -0.4 is 4.90 Å². The molecule has 1 saturated heterocycles. The fourth-order valence-electron chi connectivity index (χ4n) is 3.50. The summed E-state index contributed by atoms with van der Waals surface area (Å²) in [5.74, 6) is -0.0817. The molecular weight excluding hydrogens is 382 g/mol. The summed E-state index contributed by atoms with van der Waals surface area (Å²) in [7, 11) is 0. The lowest BCUT2D eigenvalue weighted by molar-refractivity contribution is -0.929. The second kappa shape index (κ2) is 7.90. The average Bonchev–Trinajstić information content (AvgIpc) is 3.01. The molecule has 0 saturated carbocycles. The van der Waals surface area contributed by atoms with Crippen LogP contribution in [0.1, 0.15) is 12.8 Å². The minimum atomic E-state index is -0.331. The summed E-state index contributed by atoms with van der Waals surface area (Å²) in [5, 5.41) is 14.4. The van der Waals surface area contributed by atoms with Gasteiger partial charge in [0.1, 0.15) is 11.6 Å². The van der Waals surface area contributed by atoms with E-state index in [9.17, 15) is 13.9 Å². The average molecular weight is 403 g/mol. The number of quaternary nitrogens is 1. The zero-order chi connectivity index (χ0) is 19.7.